The molecule has 2 aromatic rings. The second kappa shape index (κ2) is 4.37. The molecule has 1 aliphatic rings. The first-order valence-electron chi connectivity index (χ1n) is 6.78. The van der Waals surface area contributed by atoms with E-state index in [1.54, 1.807) is 7.11 Å². The number of rotatable bonds is 2. The van der Waals surface area contributed by atoms with Crippen molar-refractivity contribution in [2.75, 3.05) is 7.11 Å². The Morgan fingerprint density at radius 1 is 1.42 bits per heavy atom. The molecule has 1 N–H and O–H groups in total. The van der Waals surface area contributed by atoms with Crippen LogP contribution in [-0.2, 0) is 0 Å². The van der Waals surface area contributed by atoms with Crippen LogP contribution in [0.4, 0.5) is 0 Å². The lowest BCUT2D eigenvalue weighted by Gasteiger charge is -2.18. The highest BCUT2D eigenvalue weighted by Crippen LogP contribution is 2.44. The molecule has 1 heterocycles. The van der Waals surface area contributed by atoms with Gasteiger partial charge in [0.2, 0.25) is 0 Å². The standard InChI is InChI=1S/C15H20N2OS/c1-15(2)7-6-10(9-15)17-13-5-4-11(18-3)8-12(13)16-14(17)19/h4-5,8,10H,6-7,9H2,1-3H3,(H,16,19). The average molecular weight is 276 g/mol. The Morgan fingerprint density at radius 3 is 2.84 bits per heavy atom. The summed E-state index contributed by atoms with van der Waals surface area (Å²) in [6, 6.07) is 6.64. The van der Waals surface area contributed by atoms with E-state index in [0.29, 0.717) is 11.5 Å². The normalized spacial score (nSPS) is 21.9. The zero-order chi connectivity index (χ0) is 13.6. The molecule has 1 saturated carbocycles. The van der Waals surface area contributed by atoms with Crippen molar-refractivity contribution >= 4 is 23.3 Å². The number of hydrogen-bond donors (Lipinski definition) is 1. The number of H-pyrrole nitrogens is 1. The largest absolute Gasteiger partial charge is 0.497 e. The van der Waals surface area contributed by atoms with Gasteiger partial charge in [-0.15, -0.1) is 0 Å². The van der Waals surface area contributed by atoms with Gasteiger partial charge in [0, 0.05) is 12.1 Å². The maximum atomic E-state index is 5.51. The van der Waals surface area contributed by atoms with E-state index in [9.17, 15) is 0 Å². The van der Waals surface area contributed by atoms with Gasteiger partial charge < -0.3 is 14.3 Å². The third-order valence-corrected chi connectivity index (χ3v) is 4.53. The molecule has 0 spiro atoms. The first-order valence-corrected chi connectivity index (χ1v) is 7.19. The summed E-state index contributed by atoms with van der Waals surface area (Å²) in [7, 11) is 1.69. The molecule has 1 aliphatic carbocycles. The number of imidazole rings is 1. The summed E-state index contributed by atoms with van der Waals surface area (Å²) in [6.07, 6.45) is 3.67. The summed E-state index contributed by atoms with van der Waals surface area (Å²) in [5, 5.41) is 0. The molecule has 3 nitrogen and oxygen atoms in total. The Bertz CT molecular complexity index is 668. The van der Waals surface area contributed by atoms with Crippen LogP contribution in [0.3, 0.4) is 0 Å². The number of nitrogens with one attached hydrogen (secondary N) is 1. The van der Waals surface area contributed by atoms with Crippen LogP contribution in [0.2, 0.25) is 0 Å². The molecular formula is C15H20N2OS. The van der Waals surface area contributed by atoms with Gasteiger partial charge in [0.15, 0.2) is 4.77 Å². The van der Waals surface area contributed by atoms with E-state index < -0.39 is 0 Å². The van der Waals surface area contributed by atoms with Crippen molar-refractivity contribution in [1.82, 2.24) is 9.55 Å². The summed E-state index contributed by atoms with van der Waals surface area (Å²) < 4.78 is 8.38. The van der Waals surface area contributed by atoms with E-state index in [4.69, 9.17) is 17.0 Å². The lowest BCUT2D eigenvalue weighted by molar-refractivity contribution is 0.360. The predicted molar refractivity (Wildman–Crippen MR) is 80.3 cm³/mol. The monoisotopic (exact) mass is 276 g/mol. The molecule has 1 fully saturated rings. The minimum absolute atomic E-state index is 0.426. The molecule has 1 unspecified atom stereocenters. The Kier molecular flexibility index (Phi) is 2.93. The second-order valence-electron chi connectivity index (χ2n) is 6.24. The van der Waals surface area contributed by atoms with Gasteiger partial charge in [0.25, 0.3) is 0 Å². The SMILES string of the molecule is COc1ccc2c(c1)[nH]c(=S)n2C1CCC(C)(C)C1. The first-order chi connectivity index (χ1) is 9.00. The minimum atomic E-state index is 0.426. The molecule has 19 heavy (non-hydrogen) atoms. The minimum Gasteiger partial charge on any atom is -0.497 e. The summed E-state index contributed by atoms with van der Waals surface area (Å²) in [5.74, 6) is 0.864. The molecule has 1 aromatic heterocycles. The Labute approximate surface area is 118 Å². The van der Waals surface area contributed by atoms with Crippen LogP contribution in [-0.4, -0.2) is 16.7 Å². The van der Waals surface area contributed by atoms with Crippen LogP contribution in [0.5, 0.6) is 5.75 Å². The molecule has 0 bridgehead atoms. The van der Waals surface area contributed by atoms with Gasteiger partial charge in [-0.1, -0.05) is 13.8 Å². The Morgan fingerprint density at radius 2 is 2.21 bits per heavy atom. The van der Waals surface area contributed by atoms with E-state index in [-0.39, 0.29) is 0 Å². The molecule has 102 valence electrons. The van der Waals surface area contributed by atoms with Crippen molar-refractivity contribution in [3.63, 3.8) is 0 Å². The van der Waals surface area contributed by atoms with Gasteiger partial charge in [-0.05, 0) is 49.0 Å². The maximum Gasteiger partial charge on any atom is 0.178 e. The lowest BCUT2D eigenvalue weighted by Crippen LogP contribution is -2.09. The quantitative estimate of drug-likeness (QED) is 0.821. The molecule has 0 aliphatic heterocycles. The van der Waals surface area contributed by atoms with Gasteiger partial charge in [-0.3, -0.25) is 0 Å². The van der Waals surface area contributed by atoms with Crippen LogP contribution in [0, 0.1) is 10.2 Å². The number of aromatic amines is 1. The number of ether oxygens (including phenoxy) is 1. The molecule has 3 rings (SSSR count). The molecular weight excluding hydrogens is 256 g/mol. The van der Waals surface area contributed by atoms with Crippen molar-refractivity contribution in [3.8, 4) is 5.75 Å². The van der Waals surface area contributed by atoms with E-state index in [1.165, 1.54) is 24.8 Å². The number of methoxy groups -OCH3 is 1. The smallest absolute Gasteiger partial charge is 0.178 e. The van der Waals surface area contributed by atoms with Crippen LogP contribution in [0.25, 0.3) is 11.0 Å². The molecule has 0 radical (unpaired) electrons. The van der Waals surface area contributed by atoms with E-state index in [0.717, 1.165) is 16.0 Å². The summed E-state index contributed by atoms with van der Waals surface area (Å²) in [6.45, 7) is 4.68. The maximum absolute atomic E-state index is 5.51. The zero-order valence-corrected chi connectivity index (χ0v) is 12.5. The highest BCUT2D eigenvalue weighted by molar-refractivity contribution is 7.71. The van der Waals surface area contributed by atoms with Gasteiger partial charge in [-0.2, -0.15) is 0 Å². The summed E-state index contributed by atoms with van der Waals surface area (Å²) in [5.41, 5.74) is 2.68. The number of fused-ring (bicyclic) bond motifs is 1. The number of nitrogens with zero attached hydrogens (tertiary/aromatic N) is 1. The second-order valence-corrected chi connectivity index (χ2v) is 6.63. The van der Waals surface area contributed by atoms with E-state index in [2.05, 4.69) is 29.5 Å². The predicted octanol–water partition coefficient (Wildman–Crippen LogP) is 4.46. The highest BCUT2D eigenvalue weighted by Gasteiger charge is 2.32. The fourth-order valence-electron chi connectivity index (χ4n) is 3.22. The van der Waals surface area contributed by atoms with Crippen LogP contribution < -0.4 is 4.74 Å². The van der Waals surface area contributed by atoms with E-state index in [1.807, 2.05) is 12.1 Å². The Balaban J connectivity index is 2.09. The van der Waals surface area contributed by atoms with Crippen LogP contribution in [0.1, 0.15) is 39.2 Å². The molecule has 1 aromatic carbocycles. The van der Waals surface area contributed by atoms with Crippen molar-refractivity contribution in [2.45, 2.75) is 39.2 Å². The zero-order valence-electron chi connectivity index (χ0n) is 11.7. The summed E-state index contributed by atoms with van der Waals surface area (Å²) in [4.78, 5) is 3.30. The third kappa shape index (κ3) is 2.18. The van der Waals surface area contributed by atoms with Crippen molar-refractivity contribution in [3.05, 3.63) is 23.0 Å². The van der Waals surface area contributed by atoms with Crippen LogP contribution in [0.15, 0.2) is 18.2 Å². The first kappa shape index (κ1) is 12.7. The fourth-order valence-corrected chi connectivity index (χ4v) is 3.58. The van der Waals surface area contributed by atoms with Gasteiger partial charge in [0.1, 0.15) is 5.75 Å². The molecule has 1 atom stereocenters. The van der Waals surface area contributed by atoms with Crippen molar-refractivity contribution < 1.29 is 4.74 Å². The molecule has 0 saturated heterocycles. The highest BCUT2D eigenvalue weighted by atomic mass is 32.1. The van der Waals surface area contributed by atoms with Crippen molar-refractivity contribution in [2.24, 2.45) is 5.41 Å². The Hall–Kier alpha value is -1.29. The van der Waals surface area contributed by atoms with Crippen molar-refractivity contribution in [1.29, 1.82) is 0 Å². The van der Waals surface area contributed by atoms with Gasteiger partial charge in [-0.25, -0.2) is 0 Å². The molecule has 4 heteroatoms. The third-order valence-electron chi connectivity index (χ3n) is 4.23. The van der Waals surface area contributed by atoms with Gasteiger partial charge in [0.05, 0.1) is 18.1 Å². The van der Waals surface area contributed by atoms with E-state index >= 15 is 0 Å². The number of benzene rings is 1. The lowest BCUT2D eigenvalue weighted by atomic mass is 9.92. The number of hydrogen-bond acceptors (Lipinski definition) is 2. The fraction of sp³-hybridized carbons (Fsp3) is 0.533. The van der Waals surface area contributed by atoms with Gasteiger partial charge >= 0.3 is 0 Å². The average Bonchev–Trinajstić information content (AvgIpc) is 2.86. The summed E-state index contributed by atoms with van der Waals surface area (Å²) >= 11 is 5.51. The number of aromatic nitrogens is 2. The topological polar surface area (TPSA) is 29.9 Å². The van der Waals surface area contributed by atoms with Crippen LogP contribution >= 0.6 is 12.2 Å². The molecule has 0 amide bonds.